The molecular weight excluding hydrogens is 262 g/mol. The van der Waals surface area contributed by atoms with Gasteiger partial charge in [-0.3, -0.25) is 9.69 Å². The number of nitrogens with zero attached hydrogens (tertiary/aromatic N) is 1. The molecule has 1 aromatic rings. The zero-order valence-electron chi connectivity index (χ0n) is 13.5. The number of nitrogens with one attached hydrogen (secondary N) is 2. The van der Waals surface area contributed by atoms with Crippen molar-refractivity contribution < 1.29 is 4.79 Å². The van der Waals surface area contributed by atoms with Crippen LogP contribution in [0.3, 0.4) is 0 Å². The first-order valence-electron chi connectivity index (χ1n) is 7.87. The van der Waals surface area contributed by atoms with Gasteiger partial charge in [-0.1, -0.05) is 6.07 Å². The standard InChI is InChI=1S/C17H27N3O/c1-12(2)18-17(21)14-6-5-7-15(10-14)19-16-8-9-20(11-16)13(3)4/h5-7,10,12-13,16,19H,8-9,11H2,1-4H3,(H,18,21). The average Bonchev–Trinajstić information content (AvgIpc) is 2.87. The zero-order valence-corrected chi connectivity index (χ0v) is 13.5. The molecule has 0 aliphatic carbocycles. The third kappa shape index (κ3) is 4.46. The number of anilines is 1. The van der Waals surface area contributed by atoms with Gasteiger partial charge in [-0.05, 0) is 52.3 Å². The molecule has 0 saturated carbocycles. The van der Waals surface area contributed by atoms with Crippen molar-refractivity contribution in [2.75, 3.05) is 18.4 Å². The summed E-state index contributed by atoms with van der Waals surface area (Å²) >= 11 is 0. The van der Waals surface area contributed by atoms with E-state index in [1.807, 2.05) is 38.1 Å². The molecule has 1 atom stereocenters. The molecule has 1 fully saturated rings. The van der Waals surface area contributed by atoms with Gasteiger partial charge in [0, 0.05) is 42.5 Å². The van der Waals surface area contributed by atoms with Crippen molar-refractivity contribution in [3.8, 4) is 0 Å². The number of amides is 1. The van der Waals surface area contributed by atoms with Crippen molar-refractivity contribution in [1.29, 1.82) is 0 Å². The van der Waals surface area contributed by atoms with Crippen LogP contribution in [0.15, 0.2) is 24.3 Å². The highest BCUT2D eigenvalue weighted by Crippen LogP contribution is 2.18. The maximum Gasteiger partial charge on any atom is 0.251 e. The van der Waals surface area contributed by atoms with Gasteiger partial charge in [0.25, 0.3) is 5.91 Å². The van der Waals surface area contributed by atoms with Crippen LogP contribution in [-0.4, -0.2) is 42.0 Å². The highest BCUT2D eigenvalue weighted by molar-refractivity contribution is 5.95. The predicted molar refractivity (Wildman–Crippen MR) is 87.8 cm³/mol. The van der Waals surface area contributed by atoms with Crippen LogP contribution in [0.1, 0.15) is 44.5 Å². The van der Waals surface area contributed by atoms with Crippen molar-refractivity contribution in [2.24, 2.45) is 0 Å². The van der Waals surface area contributed by atoms with Gasteiger partial charge >= 0.3 is 0 Å². The van der Waals surface area contributed by atoms with Crippen molar-refractivity contribution in [1.82, 2.24) is 10.2 Å². The zero-order chi connectivity index (χ0) is 15.4. The Hall–Kier alpha value is -1.55. The average molecular weight is 289 g/mol. The number of carbonyl (C=O) groups is 1. The Kier molecular flexibility index (Phi) is 5.23. The number of carbonyl (C=O) groups excluding carboxylic acids is 1. The molecule has 1 amide bonds. The van der Waals surface area contributed by atoms with Crippen LogP contribution >= 0.6 is 0 Å². The van der Waals surface area contributed by atoms with Gasteiger partial charge in [-0.2, -0.15) is 0 Å². The van der Waals surface area contributed by atoms with Gasteiger partial charge in [0.15, 0.2) is 0 Å². The Morgan fingerprint density at radius 3 is 2.67 bits per heavy atom. The number of rotatable bonds is 5. The molecule has 0 spiro atoms. The second kappa shape index (κ2) is 6.94. The number of likely N-dealkylation sites (tertiary alicyclic amines) is 1. The molecule has 1 unspecified atom stereocenters. The Balaban J connectivity index is 1.97. The lowest BCUT2D eigenvalue weighted by atomic mass is 10.1. The second-order valence-corrected chi connectivity index (χ2v) is 6.43. The fourth-order valence-corrected chi connectivity index (χ4v) is 2.71. The van der Waals surface area contributed by atoms with E-state index in [-0.39, 0.29) is 11.9 Å². The normalized spacial score (nSPS) is 19.2. The Bertz CT molecular complexity index is 485. The van der Waals surface area contributed by atoms with E-state index in [1.54, 1.807) is 0 Å². The number of hydrogen-bond donors (Lipinski definition) is 2. The Morgan fingerprint density at radius 1 is 1.29 bits per heavy atom. The van der Waals surface area contributed by atoms with E-state index in [0.29, 0.717) is 17.6 Å². The molecule has 0 radical (unpaired) electrons. The van der Waals surface area contributed by atoms with Gasteiger partial charge in [0.2, 0.25) is 0 Å². The van der Waals surface area contributed by atoms with E-state index in [2.05, 4.69) is 29.4 Å². The number of hydrogen-bond acceptors (Lipinski definition) is 3. The molecule has 1 aliphatic rings. The minimum atomic E-state index is -0.0103. The Morgan fingerprint density at radius 2 is 2.05 bits per heavy atom. The Labute approximate surface area is 127 Å². The first-order chi connectivity index (χ1) is 9.95. The fraction of sp³-hybridized carbons (Fsp3) is 0.588. The summed E-state index contributed by atoms with van der Waals surface area (Å²) in [6.07, 6.45) is 1.15. The van der Waals surface area contributed by atoms with E-state index in [1.165, 1.54) is 0 Å². The van der Waals surface area contributed by atoms with Crippen LogP contribution in [0, 0.1) is 0 Å². The summed E-state index contributed by atoms with van der Waals surface area (Å²) in [7, 11) is 0. The predicted octanol–water partition coefficient (Wildman–Crippen LogP) is 2.72. The molecule has 1 aliphatic heterocycles. The minimum absolute atomic E-state index is 0.0103. The molecule has 4 nitrogen and oxygen atoms in total. The topological polar surface area (TPSA) is 44.4 Å². The van der Waals surface area contributed by atoms with Crippen LogP contribution in [0.4, 0.5) is 5.69 Å². The highest BCUT2D eigenvalue weighted by atomic mass is 16.1. The monoisotopic (exact) mass is 289 g/mol. The van der Waals surface area contributed by atoms with E-state index < -0.39 is 0 Å². The summed E-state index contributed by atoms with van der Waals surface area (Å²) in [5, 5.41) is 6.48. The summed E-state index contributed by atoms with van der Waals surface area (Å²) < 4.78 is 0. The second-order valence-electron chi connectivity index (χ2n) is 6.43. The molecule has 2 rings (SSSR count). The van der Waals surface area contributed by atoms with Crippen molar-refractivity contribution in [3.05, 3.63) is 29.8 Å². The molecule has 116 valence electrons. The molecule has 1 aromatic carbocycles. The molecule has 1 heterocycles. The highest BCUT2D eigenvalue weighted by Gasteiger charge is 2.23. The first kappa shape index (κ1) is 15.8. The number of benzene rings is 1. The molecule has 4 heteroatoms. The third-order valence-corrected chi connectivity index (χ3v) is 3.87. The SMILES string of the molecule is CC(C)NC(=O)c1cccc(NC2CCN(C(C)C)C2)c1. The van der Waals surface area contributed by atoms with Crippen LogP contribution in [0.25, 0.3) is 0 Å². The summed E-state index contributed by atoms with van der Waals surface area (Å²) in [6, 6.07) is 8.99. The quantitative estimate of drug-likeness (QED) is 0.876. The summed E-state index contributed by atoms with van der Waals surface area (Å²) in [5.41, 5.74) is 1.74. The lowest BCUT2D eigenvalue weighted by Crippen LogP contribution is -2.31. The van der Waals surface area contributed by atoms with Crippen molar-refractivity contribution in [3.63, 3.8) is 0 Å². The fourth-order valence-electron chi connectivity index (χ4n) is 2.71. The van der Waals surface area contributed by atoms with Gasteiger partial charge < -0.3 is 10.6 Å². The lowest BCUT2D eigenvalue weighted by molar-refractivity contribution is 0.0943. The van der Waals surface area contributed by atoms with Gasteiger partial charge in [0.05, 0.1) is 0 Å². The largest absolute Gasteiger partial charge is 0.381 e. The molecular formula is C17H27N3O. The van der Waals surface area contributed by atoms with Crippen molar-refractivity contribution >= 4 is 11.6 Å². The maximum atomic E-state index is 12.0. The first-order valence-corrected chi connectivity index (χ1v) is 7.87. The summed E-state index contributed by atoms with van der Waals surface area (Å²) in [6.45, 7) is 10.6. The van der Waals surface area contributed by atoms with E-state index in [0.717, 1.165) is 25.2 Å². The van der Waals surface area contributed by atoms with E-state index in [9.17, 15) is 4.79 Å². The lowest BCUT2D eigenvalue weighted by Gasteiger charge is -2.21. The van der Waals surface area contributed by atoms with Crippen LogP contribution in [0.2, 0.25) is 0 Å². The molecule has 21 heavy (non-hydrogen) atoms. The van der Waals surface area contributed by atoms with Gasteiger partial charge in [-0.25, -0.2) is 0 Å². The van der Waals surface area contributed by atoms with E-state index in [4.69, 9.17) is 0 Å². The van der Waals surface area contributed by atoms with Crippen molar-refractivity contribution in [2.45, 2.75) is 52.2 Å². The van der Waals surface area contributed by atoms with E-state index >= 15 is 0 Å². The van der Waals surface area contributed by atoms with Crippen LogP contribution < -0.4 is 10.6 Å². The van der Waals surface area contributed by atoms with Crippen LogP contribution in [-0.2, 0) is 0 Å². The molecule has 1 saturated heterocycles. The van der Waals surface area contributed by atoms with Crippen LogP contribution in [0.5, 0.6) is 0 Å². The van der Waals surface area contributed by atoms with Gasteiger partial charge in [-0.15, -0.1) is 0 Å². The van der Waals surface area contributed by atoms with Gasteiger partial charge in [0.1, 0.15) is 0 Å². The summed E-state index contributed by atoms with van der Waals surface area (Å²) in [5.74, 6) is -0.0103. The third-order valence-electron chi connectivity index (χ3n) is 3.87. The molecule has 2 N–H and O–H groups in total. The molecule has 0 bridgehead atoms. The minimum Gasteiger partial charge on any atom is -0.381 e. The smallest absolute Gasteiger partial charge is 0.251 e. The maximum absolute atomic E-state index is 12.0. The molecule has 0 aromatic heterocycles. The summed E-state index contributed by atoms with van der Waals surface area (Å²) in [4.78, 5) is 14.5.